The highest BCUT2D eigenvalue weighted by atomic mass is 19.4. The third kappa shape index (κ3) is 2.26. The molecule has 0 unspecified atom stereocenters. The van der Waals surface area contributed by atoms with E-state index in [0.29, 0.717) is 5.52 Å². The Morgan fingerprint density at radius 3 is 2.62 bits per heavy atom. The van der Waals surface area contributed by atoms with E-state index in [1.165, 1.54) is 41.4 Å². The van der Waals surface area contributed by atoms with Gasteiger partial charge < -0.3 is 0 Å². The zero-order valence-electron chi connectivity index (χ0n) is 10.5. The molecule has 0 fully saturated rings. The van der Waals surface area contributed by atoms with E-state index in [-0.39, 0.29) is 5.56 Å². The Morgan fingerprint density at radius 1 is 1.10 bits per heavy atom. The van der Waals surface area contributed by atoms with Crippen LogP contribution in [0, 0.1) is 0 Å². The summed E-state index contributed by atoms with van der Waals surface area (Å²) in [5.74, 6) is -0.731. The molecule has 0 aliphatic carbocycles. The van der Waals surface area contributed by atoms with Crippen LogP contribution in [0.2, 0.25) is 0 Å². The van der Waals surface area contributed by atoms with Crippen molar-refractivity contribution in [3.8, 4) is 0 Å². The molecule has 2 aromatic heterocycles. The maximum Gasteiger partial charge on any atom is 0.417 e. The summed E-state index contributed by atoms with van der Waals surface area (Å²) in [4.78, 5) is 16.3. The first-order chi connectivity index (χ1) is 9.98. The first kappa shape index (κ1) is 13.3. The number of rotatable bonds is 2. The van der Waals surface area contributed by atoms with E-state index in [1.54, 1.807) is 0 Å². The van der Waals surface area contributed by atoms with Crippen molar-refractivity contribution in [3.05, 3.63) is 65.7 Å². The van der Waals surface area contributed by atoms with Crippen molar-refractivity contribution in [2.45, 2.75) is 6.18 Å². The van der Waals surface area contributed by atoms with Gasteiger partial charge in [-0.05, 0) is 6.07 Å². The van der Waals surface area contributed by atoms with Crippen molar-refractivity contribution in [3.63, 3.8) is 0 Å². The van der Waals surface area contributed by atoms with Crippen molar-refractivity contribution in [2.24, 2.45) is 0 Å². The lowest BCUT2D eigenvalue weighted by Crippen LogP contribution is -2.13. The highest BCUT2D eigenvalue weighted by Gasteiger charge is 2.35. The van der Waals surface area contributed by atoms with Crippen molar-refractivity contribution in [1.82, 2.24) is 14.6 Å². The molecule has 106 valence electrons. The van der Waals surface area contributed by atoms with Crippen LogP contribution in [0.15, 0.2) is 49.1 Å². The van der Waals surface area contributed by atoms with Crippen LogP contribution in [0.3, 0.4) is 0 Å². The number of benzene rings is 1. The van der Waals surface area contributed by atoms with E-state index in [1.807, 2.05) is 0 Å². The summed E-state index contributed by atoms with van der Waals surface area (Å²) in [5.41, 5.74) is -0.915. The minimum Gasteiger partial charge on any atom is -0.288 e. The minimum atomic E-state index is -4.59. The Labute approximate surface area is 116 Å². The lowest BCUT2D eigenvalue weighted by atomic mass is 9.99. The van der Waals surface area contributed by atoms with E-state index in [4.69, 9.17) is 0 Å². The van der Waals surface area contributed by atoms with Gasteiger partial charge in [-0.15, -0.1) is 0 Å². The average Bonchev–Trinajstić information content (AvgIpc) is 2.89. The molecule has 21 heavy (non-hydrogen) atoms. The largest absolute Gasteiger partial charge is 0.417 e. The number of alkyl halides is 3. The zero-order chi connectivity index (χ0) is 15.0. The van der Waals surface area contributed by atoms with Gasteiger partial charge in [0.05, 0.1) is 29.0 Å². The fourth-order valence-corrected chi connectivity index (χ4v) is 2.08. The maximum atomic E-state index is 13.0. The standard InChI is InChI=1S/C14H8F3N3O/c15-14(16,17)11-4-2-1-3-9(11)13(21)10-7-19-20-6-5-18-8-12(10)20/h1-8H. The van der Waals surface area contributed by atoms with E-state index in [2.05, 4.69) is 10.1 Å². The summed E-state index contributed by atoms with van der Waals surface area (Å²) in [5, 5.41) is 3.93. The van der Waals surface area contributed by atoms with Gasteiger partial charge in [0.1, 0.15) is 0 Å². The summed E-state index contributed by atoms with van der Waals surface area (Å²) in [6.45, 7) is 0. The normalized spacial score (nSPS) is 11.8. The number of hydrogen-bond donors (Lipinski definition) is 0. The van der Waals surface area contributed by atoms with Crippen LogP contribution in [-0.2, 0) is 6.18 Å². The van der Waals surface area contributed by atoms with Gasteiger partial charge in [-0.25, -0.2) is 4.52 Å². The molecule has 0 saturated carbocycles. The molecule has 0 atom stereocenters. The number of hydrogen-bond acceptors (Lipinski definition) is 3. The number of aromatic nitrogens is 3. The monoisotopic (exact) mass is 291 g/mol. The van der Waals surface area contributed by atoms with Gasteiger partial charge in [-0.1, -0.05) is 18.2 Å². The number of halogens is 3. The van der Waals surface area contributed by atoms with Gasteiger partial charge in [-0.2, -0.15) is 18.3 Å². The fraction of sp³-hybridized carbons (Fsp3) is 0.0714. The van der Waals surface area contributed by atoms with Gasteiger partial charge in [0, 0.05) is 18.0 Å². The molecule has 1 aromatic carbocycles. The summed E-state index contributed by atoms with van der Waals surface area (Å²) >= 11 is 0. The van der Waals surface area contributed by atoms with Crippen LogP contribution < -0.4 is 0 Å². The van der Waals surface area contributed by atoms with Crippen molar-refractivity contribution in [1.29, 1.82) is 0 Å². The topological polar surface area (TPSA) is 47.3 Å². The molecule has 0 spiro atoms. The first-order valence-corrected chi connectivity index (χ1v) is 5.97. The van der Waals surface area contributed by atoms with Crippen molar-refractivity contribution >= 4 is 11.3 Å². The Hall–Kier alpha value is -2.70. The molecule has 0 aliphatic rings. The molecule has 0 bridgehead atoms. The molecule has 3 aromatic rings. The smallest absolute Gasteiger partial charge is 0.288 e. The van der Waals surface area contributed by atoms with E-state index < -0.39 is 23.1 Å². The molecule has 0 aliphatic heterocycles. The minimum absolute atomic E-state index is 0.0831. The van der Waals surface area contributed by atoms with Gasteiger partial charge in [0.2, 0.25) is 0 Å². The Balaban J connectivity index is 2.16. The van der Waals surface area contributed by atoms with Crippen LogP contribution in [0.4, 0.5) is 13.2 Å². The van der Waals surface area contributed by atoms with Crippen molar-refractivity contribution in [2.75, 3.05) is 0 Å². The second kappa shape index (κ2) is 4.69. The Morgan fingerprint density at radius 2 is 1.86 bits per heavy atom. The third-order valence-corrected chi connectivity index (χ3v) is 3.05. The molecular formula is C14H8F3N3O. The number of nitrogens with zero attached hydrogens (tertiary/aromatic N) is 3. The van der Waals surface area contributed by atoms with Crippen LogP contribution in [0.1, 0.15) is 21.5 Å². The third-order valence-electron chi connectivity index (χ3n) is 3.05. The van der Waals surface area contributed by atoms with E-state index >= 15 is 0 Å². The molecule has 3 rings (SSSR count). The SMILES string of the molecule is O=C(c1ccccc1C(F)(F)F)c1cnn2ccncc12. The Bertz CT molecular complexity index is 823. The van der Waals surface area contributed by atoms with Gasteiger partial charge in [0.25, 0.3) is 0 Å². The highest BCUT2D eigenvalue weighted by molar-refractivity contribution is 6.13. The predicted molar refractivity (Wildman–Crippen MR) is 67.9 cm³/mol. The van der Waals surface area contributed by atoms with Crippen LogP contribution in [0.25, 0.3) is 5.52 Å². The van der Waals surface area contributed by atoms with Crippen LogP contribution in [0.5, 0.6) is 0 Å². The molecule has 7 heteroatoms. The second-order valence-corrected chi connectivity index (χ2v) is 4.34. The average molecular weight is 291 g/mol. The maximum absolute atomic E-state index is 13.0. The van der Waals surface area contributed by atoms with Gasteiger partial charge in [-0.3, -0.25) is 9.78 Å². The van der Waals surface area contributed by atoms with Crippen LogP contribution >= 0.6 is 0 Å². The summed E-state index contributed by atoms with van der Waals surface area (Å²) in [6.07, 6.45) is 1.02. The molecule has 2 heterocycles. The van der Waals surface area contributed by atoms with Gasteiger partial charge >= 0.3 is 6.18 Å². The quantitative estimate of drug-likeness (QED) is 0.682. The molecule has 0 amide bonds. The number of fused-ring (bicyclic) bond motifs is 1. The molecular weight excluding hydrogens is 283 g/mol. The van der Waals surface area contributed by atoms with Gasteiger partial charge in [0.15, 0.2) is 5.78 Å². The van der Waals surface area contributed by atoms with E-state index in [9.17, 15) is 18.0 Å². The van der Waals surface area contributed by atoms with E-state index in [0.717, 1.165) is 12.1 Å². The zero-order valence-corrected chi connectivity index (χ0v) is 10.5. The second-order valence-electron chi connectivity index (χ2n) is 4.34. The highest BCUT2D eigenvalue weighted by Crippen LogP contribution is 2.33. The lowest BCUT2D eigenvalue weighted by molar-refractivity contribution is -0.137. The lowest BCUT2D eigenvalue weighted by Gasteiger charge is -2.11. The van der Waals surface area contributed by atoms with Crippen molar-refractivity contribution < 1.29 is 18.0 Å². The summed E-state index contributed by atoms with van der Waals surface area (Å²) < 4.78 is 40.3. The van der Waals surface area contributed by atoms with Crippen LogP contribution in [-0.4, -0.2) is 20.4 Å². The summed E-state index contributed by atoms with van der Waals surface area (Å²) in [7, 11) is 0. The molecule has 0 saturated heterocycles. The number of carbonyl (C=O) groups is 1. The predicted octanol–water partition coefficient (Wildman–Crippen LogP) is 2.98. The Kier molecular flexibility index (Phi) is 2.97. The first-order valence-electron chi connectivity index (χ1n) is 5.97. The number of ketones is 1. The molecule has 4 nitrogen and oxygen atoms in total. The summed E-state index contributed by atoms with van der Waals surface area (Å²) in [6, 6.07) is 4.69. The molecule has 0 N–H and O–H groups in total. The molecule has 0 radical (unpaired) electrons. The number of carbonyl (C=O) groups excluding carboxylic acids is 1. The fourth-order valence-electron chi connectivity index (χ4n) is 2.08.